The van der Waals surface area contributed by atoms with Crippen molar-refractivity contribution < 1.29 is 14.6 Å². The molecule has 3 aromatic rings. The van der Waals surface area contributed by atoms with E-state index in [4.69, 9.17) is 4.74 Å². The predicted molar refractivity (Wildman–Crippen MR) is 118 cm³/mol. The second-order valence-corrected chi connectivity index (χ2v) is 6.63. The summed E-state index contributed by atoms with van der Waals surface area (Å²) in [7, 11) is 0. The number of nitrogens with zero attached hydrogens (tertiary/aromatic N) is 1. The lowest BCUT2D eigenvalue weighted by Crippen LogP contribution is -2.11. The lowest BCUT2D eigenvalue weighted by atomic mass is 10.0. The van der Waals surface area contributed by atoms with E-state index < -0.39 is 5.97 Å². The Bertz CT molecular complexity index is 1020. The van der Waals surface area contributed by atoms with Crippen LogP contribution in [0, 0.1) is 0 Å². The number of esters is 1. The molecule has 148 valence electrons. The Kier molecular flexibility index (Phi) is 7.17. The highest BCUT2D eigenvalue weighted by atomic mass is 16.5. The molecule has 0 unspecified atom stereocenters. The van der Waals surface area contributed by atoms with Crippen molar-refractivity contribution >= 4 is 28.7 Å². The number of rotatable bonds is 8. The predicted octanol–water partition coefficient (Wildman–Crippen LogP) is 5.38. The molecule has 0 spiro atoms. The van der Waals surface area contributed by atoms with Crippen LogP contribution in [0.15, 0.2) is 83.4 Å². The Balaban J connectivity index is 1.82. The highest BCUT2D eigenvalue weighted by Crippen LogP contribution is 2.25. The third-order valence-electron chi connectivity index (χ3n) is 4.61. The molecular formula is C25H25NO3. The van der Waals surface area contributed by atoms with Gasteiger partial charge in [0.2, 0.25) is 0 Å². The van der Waals surface area contributed by atoms with E-state index in [1.165, 1.54) is 11.8 Å². The average molecular weight is 387 g/mol. The first kappa shape index (κ1) is 20.3. The molecule has 0 amide bonds. The average Bonchev–Trinajstić information content (AvgIpc) is 2.76. The molecule has 0 aliphatic rings. The van der Waals surface area contributed by atoms with E-state index in [0.717, 1.165) is 23.6 Å². The van der Waals surface area contributed by atoms with Crippen molar-refractivity contribution in [3.05, 3.63) is 89.5 Å². The molecule has 0 radical (unpaired) electrons. The van der Waals surface area contributed by atoms with Crippen LogP contribution in [0.2, 0.25) is 0 Å². The molecule has 0 atom stereocenters. The molecule has 0 bridgehead atoms. The number of hydrogen-bond donors (Lipinski definition) is 1. The van der Waals surface area contributed by atoms with Gasteiger partial charge in [0.25, 0.3) is 0 Å². The Morgan fingerprint density at radius 1 is 1.00 bits per heavy atom. The van der Waals surface area contributed by atoms with Crippen molar-refractivity contribution in [1.29, 1.82) is 0 Å². The van der Waals surface area contributed by atoms with Crippen LogP contribution < -0.4 is 0 Å². The van der Waals surface area contributed by atoms with E-state index in [1.54, 1.807) is 13.0 Å². The minimum atomic E-state index is -0.579. The van der Waals surface area contributed by atoms with Gasteiger partial charge < -0.3 is 9.84 Å². The third-order valence-corrected chi connectivity index (χ3v) is 4.61. The molecule has 0 saturated carbocycles. The van der Waals surface area contributed by atoms with Gasteiger partial charge in [-0.15, -0.1) is 0 Å². The maximum Gasteiger partial charge on any atom is 0.343 e. The van der Waals surface area contributed by atoms with Crippen LogP contribution in [0.25, 0.3) is 16.5 Å². The molecule has 3 rings (SSSR count). The Labute approximate surface area is 171 Å². The van der Waals surface area contributed by atoms with Gasteiger partial charge >= 0.3 is 5.97 Å². The summed E-state index contributed by atoms with van der Waals surface area (Å²) >= 11 is 0. The summed E-state index contributed by atoms with van der Waals surface area (Å²) in [5.41, 5.74) is 1.91. The monoisotopic (exact) mass is 387 g/mol. The SMILES string of the molecule is CCOC(=O)/C(C=NCCCc1ccccc1)=C(/O)c1cccc2ccccc12. The van der Waals surface area contributed by atoms with Crippen molar-refractivity contribution in [3.63, 3.8) is 0 Å². The van der Waals surface area contributed by atoms with Crippen LogP contribution >= 0.6 is 0 Å². The molecule has 4 heteroatoms. The van der Waals surface area contributed by atoms with Gasteiger partial charge in [0.1, 0.15) is 11.3 Å². The zero-order chi connectivity index (χ0) is 20.5. The minimum Gasteiger partial charge on any atom is -0.506 e. The highest BCUT2D eigenvalue weighted by molar-refractivity contribution is 6.16. The quantitative estimate of drug-likeness (QED) is 0.186. The van der Waals surface area contributed by atoms with Gasteiger partial charge in [-0.1, -0.05) is 72.8 Å². The van der Waals surface area contributed by atoms with Gasteiger partial charge in [0.15, 0.2) is 0 Å². The molecule has 0 aliphatic carbocycles. The molecule has 1 N–H and O–H groups in total. The van der Waals surface area contributed by atoms with Gasteiger partial charge in [-0.3, -0.25) is 4.99 Å². The number of carbonyl (C=O) groups excluding carboxylic acids is 1. The molecule has 0 fully saturated rings. The number of hydrogen-bond acceptors (Lipinski definition) is 4. The number of aliphatic imine (C=N–C) groups is 1. The lowest BCUT2D eigenvalue weighted by molar-refractivity contribution is -0.137. The van der Waals surface area contributed by atoms with Crippen molar-refractivity contribution in [3.8, 4) is 0 Å². The Morgan fingerprint density at radius 3 is 2.52 bits per heavy atom. The van der Waals surface area contributed by atoms with Gasteiger partial charge in [-0.2, -0.15) is 0 Å². The standard InChI is InChI=1S/C25H25NO3/c1-2-29-25(28)23(18-26-17-9-12-19-10-4-3-5-11-19)24(27)22-16-8-14-20-13-6-7-15-21(20)22/h3-8,10-11,13-16,18,27H,2,9,12,17H2,1H3/b24-23+,26-18?. The first-order valence-electron chi connectivity index (χ1n) is 9.83. The summed E-state index contributed by atoms with van der Waals surface area (Å²) in [6.45, 7) is 2.52. The summed E-state index contributed by atoms with van der Waals surface area (Å²) in [6.07, 6.45) is 3.19. The summed E-state index contributed by atoms with van der Waals surface area (Å²) in [4.78, 5) is 16.8. The van der Waals surface area contributed by atoms with Crippen molar-refractivity contribution in [2.75, 3.05) is 13.2 Å². The van der Waals surface area contributed by atoms with Gasteiger partial charge in [-0.05, 0) is 36.1 Å². The Morgan fingerprint density at radius 2 is 1.72 bits per heavy atom. The van der Waals surface area contributed by atoms with E-state index in [2.05, 4.69) is 17.1 Å². The maximum atomic E-state index is 12.4. The zero-order valence-corrected chi connectivity index (χ0v) is 16.5. The van der Waals surface area contributed by atoms with Crippen LogP contribution in [-0.2, 0) is 16.0 Å². The molecule has 0 aliphatic heterocycles. The number of carbonyl (C=O) groups is 1. The number of benzene rings is 3. The van der Waals surface area contributed by atoms with Crippen molar-refractivity contribution in [2.24, 2.45) is 4.99 Å². The summed E-state index contributed by atoms with van der Waals surface area (Å²) in [6, 6.07) is 23.5. The van der Waals surface area contributed by atoms with E-state index in [0.29, 0.717) is 12.1 Å². The molecular weight excluding hydrogens is 362 g/mol. The normalized spacial score (nSPS) is 12.2. The fraction of sp³-hybridized carbons (Fsp3) is 0.200. The smallest absolute Gasteiger partial charge is 0.343 e. The topological polar surface area (TPSA) is 58.9 Å². The second-order valence-electron chi connectivity index (χ2n) is 6.63. The first-order chi connectivity index (χ1) is 14.2. The van der Waals surface area contributed by atoms with Crippen LogP contribution in [0.5, 0.6) is 0 Å². The number of aryl methyl sites for hydroxylation is 1. The van der Waals surface area contributed by atoms with Crippen molar-refractivity contribution in [1.82, 2.24) is 0 Å². The number of aliphatic hydroxyl groups is 1. The lowest BCUT2D eigenvalue weighted by Gasteiger charge is -2.09. The zero-order valence-electron chi connectivity index (χ0n) is 16.5. The molecule has 4 nitrogen and oxygen atoms in total. The number of fused-ring (bicyclic) bond motifs is 1. The molecule has 0 heterocycles. The maximum absolute atomic E-state index is 12.4. The fourth-order valence-corrected chi connectivity index (χ4v) is 3.17. The first-order valence-corrected chi connectivity index (χ1v) is 9.83. The van der Waals surface area contributed by atoms with E-state index in [9.17, 15) is 9.90 Å². The van der Waals surface area contributed by atoms with E-state index >= 15 is 0 Å². The summed E-state index contributed by atoms with van der Waals surface area (Å²) in [5, 5.41) is 12.8. The van der Waals surface area contributed by atoms with Gasteiger partial charge in [0.05, 0.1) is 6.61 Å². The van der Waals surface area contributed by atoms with E-state index in [1.807, 2.05) is 54.6 Å². The molecule has 3 aromatic carbocycles. The fourth-order valence-electron chi connectivity index (χ4n) is 3.17. The van der Waals surface area contributed by atoms with Crippen LogP contribution in [0.1, 0.15) is 24.5 Å². The summed E-state index contributed by atoms with van der Waals surface area (Å²) < 4.78 is 5.14. The van der Waals surface area contributed by atoms with Gasteiger partial charge in [0, 0.05) is 18.3 Å². The molecule has 0 saturated heterocycles. The van der Waals surface area contributed by atoms with E-state index in [-0.39, 0.29) is 17.9 Å². The van der Waals surface area contributed by atoms with Gasteiger partial charge in [-0.25, -0.2) is 4.79 Å². The molecule has 29 heavy (non-hydrogen) atoms. The third kappa shape index (κ3) is 5.32. The largest absolute Gasteiger partial charge is 0.506 e. The van der Waals surface area contributed by atoms with Crippen LogP contribution in [0.4, 0.5) is 0 Å². The molecule has 0 aromatic heterocycles. The highest BCUT2D eigenvalue weighted by Gasteiger charge is 2.17. The minimum absolute atomic E-state index is 0.0721. The Hall–Kier alpha value is -3.40. The number of aliphatic hydroxyl groups excluding tert-OH is 1. The summed E-state index contributed by atoms with van der Waals surface area (Å²) in [5.74, 6) is -0.697. The van der Waals surface area contributed by atoms with Crippen LogP contribution in [0.3, 0.4) is 0 Å². The number of ether oxygens (including phenoxy) is 1. The second kappa shape index (κ2) is 10.2. The van der Waals surface area contributed by atoms with Crippen LogP contribution in [-0.4, -0.2) is 30.4 Å². The van der Waals surface area contributed by atoms with Crippen molar-refractivity contribution in [2.45, 2.75) is 19.8 Å².